The number of anilines is 1. The number of nitrogens with zero attached hydrogens (tertiary/aromatic N) is 1. The highest BCUT2D eigenvalue weighted by Crippen LogP contribution is 2.22. The molecule has 0 unspecified atom stereocenters. The van der Waals surface area contributed by atoms with Crippen molar-refractivity contribution in [1.29, 1.82) is 0 Å². The molecule has 0 aliphatic carbocycles. The van der Waals surface area contributed by atoms with E-state index in [4.69, 9.17) is 0 Å². The van der Waals surface area contributed by atoms with Crippen molar-refractivity contribution in [2.45, 2.75) is 20.0 Å². The van der Waals surface area contributed by atoms with Crippen LogP contribution in [0.15, 0.2) is 48.5 Å². The molecular formula is C21H21F3N2O4. The number of rotatable bonds is 7. The normalized spacial score (nSPS) is 11.0. The minimum atomic E-state index is -4.70. The SMILES string of the molecule is CCOC(=O)CN(CC(F)(F)F)C(=O)c1ccc(C)c(NC(=O)c2ccccc2)c1. The Bertz CT molecular complexity index is 914. The molecule has 0 spiro atoms. The van der Waals surface area contributed by atoms with Gasteiger partial charge in [-0.05, 0) is 43.7 Å². The monoisotopic (exact) mass is 422 g/mol. The van der Waals surface area contributed by atoms with Gasteiger partial charge >= 0.3 is 12.1 Å². The number of carbonyl (C=O) groups excluding carboxylic acids is 3. The largest absolute Gasteiger partial charge is 0.465 e. The topological polar surface area (TPSA) is 75.7 Å². The summed E-state index contributed by atoms with van der Waals surface area (Å²) < 4.78 is 43.4. The van der Waals surface area contributed by atoms with Gasteiger partial charge < -0.3 is 15.0 Å². The first-order valence-electron chi connectivity index (χ1n) is 9.09. The molecule has 2 aromatic rings. The average Bonchev–Trinajstić information content (AvgIpc) is 2.68. The molecule has 0 saturated carbocycles. The lowest BCUT2D eigenvalue weighted by Crippen LogP contribution is -2.42. The summed E-state index contributed by atoms with van der Waals surface area (Å²) in [6.45, 7) is 0.722. The fourth-order valence-electron chi connectivity index (χ4n) is 2.63. The quantitative estimate of drug-likeness (QED) is 0.689. The standard InChI is InChI=1S/C21H21F3N2O4/c1-3-30-18(27)12-26(13-21(22,23)24)20(29)16-10-9-14(2)17(11-16)25-19(28)15-7-5-4-6-8-15/h4-11H,3,12-13H2,1-2H3,(H,25,28). The fourth-order valence-corrected chi connectivity index (χ4v) is 2.63. The third-order valence-corrected chi connectivity index (χ3v) is 4.05. The number of hydrogen-bond acceptors (Lipinski definition) is 4. The number of nitrogens with one attached hydrogen (secondary N) is 1. The van der Waals surface area contributed by atoms with Crippen LogP contribution in [0.1, 0.15) is 33.2 Å². The number of carbonyl (C=O) groups is 3. The van der Waals surface area contributed by atoms with E-state index in [0.29, 0.717) is 16.0 Å². The van der Waals surface area contributed by atoms with E-state index in [-0.39, 0.29) is 17.9 Å². The van der Waals surface area contributed by atoms with E-state index in [1.165, 1.54) is 25.1 Å². The van der Waals surface area contributed by atoms with Gasteiger partial charge in [0.15, 0.2) is 0 Å². The van der Waals surface area contributed by atoms with Gasteiger partial charge in [-0.2, -0.15) is 13.2 Å². The molecule has 9 heteroatoms. The number of benzene rings is 2. The van der Waals surface area contributed by atoms with Gasteiger partial charge in [0.05, 0.1) is 6.61 Å². The number of ether oxygens (including phenoxy) is 1. The molecule has 0 aliphatic rings. The number of esters is 1. The van der Waals surface area contributed by atoms with Gasteiger partial charge in [0.1, 0.15) is 13.1 Å². The molecule has 0 aromatic heterocycles. The predicted molar refractivity (Wildman–Crippen MR) is 104 cm³/mol. The zero-order chi connectivity index (χ0) is 22.3. The summed E-state index contributed by atoms with van der Waals surface area (Å²) in [5, 5.41) is 2.65. The zero-order valence-electron chi connectivity index (χ0n) is 16.5. The van der Waals surface area contributed by atoms with E-state index in [9.17, 15) is 27.6 Å². The van der Waals surface area contributed by atoms with E-state index in [2.05, 4.69) is 10.1 Å². The molecule has 30 heavy (non-hydrogen) atoms. The van der Waals surface area contributed by atoms with Crippen LogP contribution in [0.5, 0.6) is 0 Å². The Balaban J connectivity index is 2.27. The molecule has 2 aromatic carbocycles. The van der Waals surface area contributed by atoms with E-state index in [1.807, 2.05) is 0 Å². The van der Waals surface area contributed by atoms with Crippen LogP contribution in [0.2, 0.25) is 0 Å². The Kier molecular flexibility index (Phi) is 7.57. The number of halogens is 3. The Hall–Kier alpha value is -3.36. The van der Waals surface area contributed by atoms with Crippen LogP contribution in [-0.4, -0.2) is 48.6 Å². The highest BCUT2D eigenvalue weighted by molar-refractivity contribution is 6.05. The van der Waals surface area contributed by atoms with Crippen LogP contribution in [0, 0.1) is 6.92 Å². The van der Waals surface area contributed by atoms with E-state index in [1.54, 1.807) is 37.3 Å². The highest BCUT2D eigenvalue weighted by atomic mass is 19.4. The second kappa shape index (κ2) is 9.91. The molecular weight excluding hydrogens is 401 g/mol. The van der Waals surface area contributed by atoms with Gasteiger partial charge in [-0.1, -0.05) is 24.3 Å². The van der Waals surface area contributed by atoms with Crippen LogP contribution >= 0.6 is 0 Å². The molecule has 1 N–H and O–H groups in total. The minimum absolute atomic E-state index is 0.0208. The summed E-state index contributed by atoms with van der Waals surface area (Å²) in [5.41, 5.74) is 1.17. The van der Waals surface area contributed by atoms with Crippen molar-refractivity contribution in [2.75, 3.05) is 25.0 Å². The van der Waals surface area contributed by atoms with E-state index in [0.717, 1.165) is 0 Å². The van der Waals surface area contributed by atoms with Crippen molar-refractivity contribution in [3.63, 3.8) is 0 Å². The molecule has 0 atom stereocenters. The maximum atomic E-state index is 12.9. The number of aryl methyl sites for hydroxylation is 1. The zero-order valence-corrected chi connectivity index (χ0v) is 16.5. The van der Waals surface area contributed by atoms with Crippen LogP contribution in [0.3, 0.4) is 0 Å². The first kappa shape index (κ1) is 22.9. The Morgan fingerprint density at radius 1 is 1.03 bits per heavy atom. The van der Waals surface area contributed by atoms with Crippen molar-refractivity contribution in [3.8, 4) is 0 Å². The molecule has 0 saturated heterocycles. The summed E-state index contributed by atoms with van der Waals surface area (Å²) in [7, 11) is 0. The Morgan fingerprint density at radius 3 is 2.30 bits per heavy atom. The molecule has 2 rings (SSSR count). The predicted octanol–water partition coefficient (Wildman–Crippen LogP) is 3.81. The van der Waals surface area contributed by atoms with Gasteiger partial charge in [0.25, 0.3) is 11.8 Å². The van der Waals surface area contributed by atoms with Crippen molar-refractivity contribution in [3.05, 3.63) is 65.2 Å². The van der Waals surface area contributed by atoms with Gasteiger partial charge in [0.2, 0.25) is 0 Å². The lowest BCUT2D eigenvalue weighted by atomic mass is 10.1. The van der Waals surface area contributed by atoms with E-state index < -0.39 is 37.0 Å². The van der Waals surface area contributed by atoms with E-state index >= 15 is 0 Å². The summed E-state index contributed by atoms with van der Waals surface area (Å²) in [6, 6.07) is 12.5. The molecule has 160 valence electrons. The average molecular weight is 422 g/mol. The first-order valence-corrected chi connectivity index (χ1v) is 9.09. The lowest BCUT2D eigenvalue weighted by Gasteiger charge is -2.23. The van der Waals surface area contributed by atoms with Crippen molar-refractivity contribution < 1.29 is 32.3 Å². The molecule has 0 fully saturated rings. The van der Waals surface area contributed by atoms with Gasteiger partial charge in [-0.25, -0.2) is 0 Å². The summed E-state index contributed by atoms with van der Waals surface area (Å²) in [5.74, 6) is -2.38. The van der Waals surface area contributed by atoms with Gasteiger partial charge in [-0.3, -0.25) is 14.4 Å². The molecule has 2 amide bonds. The molecule has 6 nitrogen and oxygen atoms in total. The fraction of sp³-hybridized carbons (Fsp3) is 0.286. The van der Waals surface area contributed by atoms with Crippen molar-refractivity contribution in [2.24, 2.45) is 0 Å². The molecule has 0 heterocycles. The van der Waals surface area contributed by atoms with Crippen molar-refractivity contribution >= 4 is 23.5 Å². The maximum Gasteiger partial charge on any atom is 0.406 e. The second-order valence-electron chi connectivity index (χ2n) is 6.43. The summed E-state index contributed by atoms with van der Waals surface area (Å²) in [4.78, 5) is 37.1. The number of amides is 2. The Labute approximate surface area is 171 Å². The van der Waals surface area contributed by atoms with Gasteiger partial charge in [0, 0.05) is 16.8 Å². The third-order valence-electron chi connectivity index (χ3n) is 4.05. The first-order chi connectivity index (χ1) is 14.1. The number of hydrogen-bond donors (Lipinski definition) is 1. The summed E-state index contributed by atoms with van der Waals surface area (Å²) >= 11 is 0. The van der Waals surface area contributed by atoms with Gasteiger partial charge in [-0.15, -0.1) is 0 Å². The lowest BCUT2D eigenvalue weighted by molar-refractivity contribution is -0.153. The summed E-state index contributed by atoms with van der Waals surface area (Å²) in [6.07, 6.45) is -4.70. The highest BCUT2D eigenvalue weighted by Gasteiger charge is 2.34. The van der Waals surface area contributed by atoms with Crippen LogP contribution in [-0.2, 0) is 9.53 Å². The number of alkyl halides is 3. The molecule has 0 bridgehead atoms. The third kappa shape index (κ3) is 6.61. The minimum Gasteiger partial charge on any atom is -0.465 e. The van der Waals surface area contributed by atoms with Crippen LogP contribution in [0.25, 0.3) is 0 Å². The second-order valence-corrected chi connectivity index (χ2v) is 6.43. The maximum absolute atomic E-state index is 12.9. The molecule has 0 aliphatic heterocycles. The van der Waals surface area contributed by atoms with Crippen LogP contribution < -0.4 is 5.32 Å². The smallest absolute Gasteiger partial charge is 0.406 e. The van der Waals surface area contributed by atoms with Crippen molar-refractivity contribution in [1.82, 2.24) is 4.90 Å². The van der Waals surface area contributed by atoms with Crippen LogP contribution in [0.4, 0.5) is 18.9 Å². The Morgan fingerprint density at radius 2 is 1.70 bits per heavy atom. The molecule has 0 radical (unpaired) electrons.